The highest BCUT2D eigenvalue weighted by molar-refractivity contribution is 5.98. The van der Waals surface area contributed by atoms with Gasteiger partial charge in [-0.15, -0.1) is 0 Å². The van der Waals surface area contributed by atoms with Gasteiger partial charge in [-0.3, -0.25) is 14.4 Å². The summed E-state index contributed by atoms with van der Waals surface area (Å²) in [6.45, 7) is 5.81. The summed E-state index contributed by atoms with van der Waals surface area (Å²) in [4.78, 5) is 37.5. The van der Waals surface area contributed by atoms with E-state index in [0.29, 0.717) is 18.5 Å². The quantitative estimate of drug-likeness (QED) is 0.572. The fourth-order valence-corrected chi connectivity index (χ4v) is 3.30. The molecule has 1 aromatic carbocycles. The highest BCUT2D eigenvalue weighted by Gasteiger charge is 2.21. The van der Waals surface area contributed by atoms with Crippen LogP contribution >= 0.6 is 0 Å². The van der Waals surface area contributed by atoms with Gasteiger partial charge in [-0.25, -0.2) is 0 Å². The Labute approximate surface area is 168 Å². The van der Waals surface area contributed by atoms with E-state index in [1.807, 2.05) is 0 Å². The smallest absolute Gasteiger partial charge is 0.251 e. The van der Waals surface area contributed by atoms with Crippen LogP contribution in [-0.2, 0) is 9.59 Å². The summed E-state index contributed by atoms with van der Waals surface area (Å²) >= 11 is 0. The molecule has 1 aliphatic rings. The molecule has 0 atom stereocenters. The SMILES string of the molecule is CC(C)CCCCCCNC(=O)CNC(=O)c1ccc(N2CCCC2=O)cc1. The summed E-state index contributed by atoms with van der Waals surface area (Å²) in [5.41, 5.74) is 1.29. The third-order valence-electron chi connectivity index (χ3n) is 4.95. The van der Waals surface area contributed by atoms with Crippen molar-refractivity contribution in [2.45, 2.75) is 58.8 Å². The summed E-state index contributed by atoms with van der Waals surface area (Å²) in [5, 5.41) is 5.48. The van der Waals surface area contributed by atoms with Gasteiger partial charge in [-0.1, -0.05) is 39.5 Å². The van der Waals surface area contributed by atoms with Crippen molar-refractivity contribution in [1.82, 2.24) is 10.6 Å². The predicted molar refractivity (Wildman–Crippen MR) is 111 cm³/mol. The lowest BCUT2D eigenvalue weighted by molar-refractivity contribution is -0.120. The van der Waals surface area contributed by atoms with Crippen molar-refractivity contribution in [2.75, 3.05) is 24.5 Å². The molecule has 1 saturated heterocycles. The summed E-state index contributed by atoms with van der Waals surface area (Å²) in [6.07, 6.45) is 7.23. The maximum absolute atomic E-state index is 12.2. The minimum Gasteiger partial charge on any atom is -0.355 e. The van der Waals surface area contributed by atoms with Crippen molar-refractivity contribution in [2.24, 2.45) is 5.92 Å². The predicted octanol–water partition coefficient (Wildman–Crippen LogP) is 3.27. The minimum absolute atomic E-state index is 0.0292. The number of nitrogens with zero attached hydrogens (tertiary/aromatic N) is 1. The summed E-state index contributed by atoms with van der Waals surface area (Å²) in [5.74, 6) is 0.411. The number of carbonyl (C=O) groups is 3. The molecule has 3 amide bonds. The van der Waals surface area contributed by atoms with Crippen LogP contribution in [0.2, 0.25) is 0 Å². The first-order valence-electron chi connectivity index (χ1n) is 10.4. The van der Waals surface area contributed by atoms with Gasteiger partial charge in [-0.2, -0.15) is 0 Å². The molecule has 0 saturated carbocycles. The van der Waals surface area contributed by atoms with Gasteiger partial charge in [0, 0.05) is 30.8 Å². The standard InChI is InChI=1S/C22H33N3O3/c1-17(2)8-5-3-4-6-14-23-20(26)16-24-22(28)18-10-12-19(13-11-18)25-15-7-9-21(25)27/h10-13,17H,3-9,14-16H2,1-2H3,(H,23,26)(H,24,28). The van der Waals surface area contributed by atoms with Gasteiger partial charge in [0.15, 0.2) is 0 Å². The molecule has 2 N–H and O–H groups in total. The molecule has 1 heterocycles. The van der Waals surface area contributed by atoms with Crippen LogP contribution in [0.4, 0.5) is 5.69 Å². The molecular weight excluding hydrogens is 354 g/mol. The Kier molecular flexibility index (Phi) is 8.98. The number of unbranched alkanes of at least 4 members (excludes halogenated alkanes) is 3. The Morgan fingerprint density at radius 2 is 1.75 bits per heavy atom. The monoisotopic (exact) mass is 387 g/mol. The average molecular weight is 388 g/mol. The van der Waals surface area contributed by atoms with Crippen molar-refractivity contribution in [1.29, 1.82) is 0 Å². The van der Waals surface area contributed by atoms with Gasteiger partial charge in [0.05, 0.1) is 6.54 Å². The molecule has 0 spiro atoms. The van der Waals surface area contributed by atoms with Crippen LogP contribution in [0.25, 0.3) is 0 Å². The molecule has 6 heteroatoms. The van der Waals surface area contributed by atoms with E-state index >= 15 is 0 Å². The molecular formula is C22H33N3O3. The largest absolute Gasteiger partial charge is 0.355 e. The Hall–Kier alpha value is -2.37. The highest BCUT2D eigenvalue weighted by atomic mass is 16.2. The maximum Gasteiger partial charge on any atom is 0.251 e. The molecule has 6 nitrogen and oxygen atoms in total. The number of rotatable bonds is 11. The van der Waals surface area contributed by atoms with Gasteiger partial charge in [0.25, 0.3) is 5.91 Å². The molecule has 0 aromatic heterocycles. The van der Waals surface area contributed by atoms with Crippen LogP contribution in [0.1, 0.15) is 69.2 Å². The van der Waals surface area contributed by atoms with Crippen molar-refractivity contribution >= 4 is 23.4 Å². The van der Waals surface area contributed by atoms with Crippen LogP contribution in [-0.4, -0.2) is 37.4 Å². The van der Waals surface area contributed by atoms with Gasteiger partial charge in [0.1, 0.15) is 0 Å². The average Bonchev–Trinajstić information content (AvgIpc) is 3.11. The van der Waals surface area contributed by atoms with E-state index in [2.05, 4.69) is 24.5 Å². The maximum atomic E-state index is 12.2. The molecule has 0 aliphatic carbocycles. The molecule has 1 aromatic rings. The third-order valence-corrected chi connectivity index (χ3v) is 4.95. The van der Waals surface area contributed by atoms with Crippen LogP contribution in [0, 0.1) is 5.92 Å². The van der Waals surface area contributed by atoms with Crippen LogP contribution in [0.5, 0.6) is 0 Å². The number of amides is 3. The zero-order chi connectivity index (χ0) is 20.4. The lowest BCUT2D eigenvalue weighted by Crippen LogP contribution is -2.37. The zero-order valence-corrected chi connectivity index (χ0v) is 17.1. The lowest BCUT2D eigenvalue weighted by atomic mass is 10.0. The second-order valence-corrected chi connectivity index (χ2v) is 7.83. The van der Waals surface area contributed by atoms with E-state index in [1.165, 1.54) is 19.3 Å². The normalized spacial score (nSPS) is 13.8. The molecule has 1 aliphatic heterocycles. The molecule has 0 unspecified atom stereocenters. The Morgan fingerprint density at radius 3 is 2.39 bits per heavy atom. The van der Waals surface area contributed by atoms with E-state index in [4.69, 9.17) is 0 Å². The minimum atomic E-state index is -0.289. The summed E-state index contributed by atoms with van der Waals surface area (Å²) < 4.78 is 0. The van der Waals surface area contributed by atoms with Crippen LogP contribution < -0.4 is 15.5 Å². The number of benzene rings is 1. The number of hydrogen-bond acceptors (Lipinski definition) is 3. The van der Waals surface area contributed by atoms with E-state index in [9.17, 15) is 14.4 Å². The van der Waals surface area contributed by atoms with Crippen molar-refractivity contribution in [3.05, 3.63) is 29.8 Å². The lowest BCUT2D eigenvalue weighted by Gasteiger charge is -2.15. The van der Waals surface area contributed by atoms with E-state index in [0.717, 1.165) is 37.4 Å². The van der Waals surface area contributed by atoms with Crippen LogP contribution in [0.3, 0.4) is 0 Å². The first kappa shape index (κ1) is 21.9. The number of nitrogens with one attached hydrogen (secondary N) is 2. The van der Waals surface area contributed by atoms with Crippen molar-refractivity contribution in [3.8, 4) is 0 Å². The Morgan fingerprint density at radius 1 is 1.04 bits per heavy atom. The van der Waals surface area contributed by atoms with E-state index in [1.54, 1.807) is 29.2 Å². The zero-order valence-electron chi connectivity index (χ0n) is 17.1. The molecule has 28 heavy (non-hydrogen) atoms. The summed E-state index contributed by atoms with van der Waals surface area (Å²) in [7, 11) is 0. The molecule has 154 valence electrons. The van der Waals surface area contributed by atoms with E-state index in [-0.39, 0.29) is 24.3 Å². The van der Waals surface area contributed by atoms with Crippen LogP contribution in [0.15, 0.2) is 24.3 Å². The number of hydrogen-bond donors (Lipinski definition) is 2. The highest BCUT2D eigenvalue weighted by Crippen LogP contribution is 2.21. The van der Waals surface area contributed by atoms with Gasteiger partial charge < -0.3 is 15.5 Å². The fourth-order valence-electron chi connectivity index (χ4n) is 3.30. The number of anilines is 1. The number of carbonyl (C=O) groups excluding carboxylic acids is 3. The first-order chi connectivity index (χ1) is 13.5. The van der Waals surface area contributed by atoms with Gasteiger partial charge in [-0.05, 0) is 43.0 Å². The van der Waals surface area contributed by atoms with Gasteiger partial charge >= 0.3 is 0 Å². The molecule has 0 radical (unpaired) electrons. The van der Waals surface area contributed by atoms with Crippen molar-refractivity contribution < 1.29 is 14.4 Å². The topological polar surface area (TPSA) is 78.5 Å². The second kappa shape index (κ2) is 11.5. The Balaban J connectivity index is 1.62. The second-order valence-electron chi connectivity index (χ2n) is 7.83. The third kappa shape index (κ3) is 7.33. The first-order valence-corrected chi connectivity index (χ1v) is 10.4. The van der Waals surface area contributed by atoms with Gasteiger partial charge in [0.2, 0.25) is 11.8 Å². The Bertz CT molecular complexity index is 655. The molecule has 2 rings (SSSR count). The summed E-state index contributed by atoms with van der Waals surface area (Å²) in [6, 6.07) is 6.92. The van der Waals surface area contributed by atoms with E-state index < -0.39 is 0 Å². The molecule has 0 bridgehead atoms. The van der Waals surface area contributed by atoms with Crippen molar-refractivity contribution in [3.63, 3.8) is 0 Å². The molecule has 1 fully saturated rings. The fraction of sp³-hybridized carbons (Fsp3) is 0.591.